The third-order valence-electron chi connectivity index (χ3n) is 4.92. The molecule has 2 unspecified atom stereocenters. The van der Waals surface area contributed by atoms with Crippen molar-refractivity contribution in [1.82, 2.24) is 15.1 Å². The molecule has 0 spiro atoms. The Kier molecular flexibility index (Phi) is 5.02. The number of amides is 3. The second-order valence-corrected chi connectivity index (χ2v) is 7.27. The summed E-state index contributed by atoms with van der Waals surface area (Å²) in [4.78, 5) is 27.6. The number of likely N-dealkylation sites (N-methyl/N-ethyl adjacent to an activating group) is 1. The highest BCUT2D eigenvalue weighted by molar-refractivity contribution is 6.30. The smallest absolute Gasteiger partial charge is 0.327 e. The summed E-state index contributed by atoms with van der Waals surface area (Å²) in [6.45, 7) is 0.630. The molecule has 0 bridgehead atoms. The summed E-state index contributed by atoms with van der Waals surface area (Å²) < 4.78 is 0. The summed E-state index contributed by atoms with van der Waals surface area (Å²) in [5, 5.41) is 13.8. The zero-order valence-corrected chi connectivity index (χ0v) is 14.9. The molecule has 136 valence electrons. The van der Waals surface area contributed by atoms with Gasteiger partial charge in [0.15, 0.2) is 0 Å². The maximum atomic E-state index is 12.7. The average molecular weight is 367 g/mol. The van der Waals surface area contributed by atoms with Crippen molar-refractivity contribution in [3.8, 4) is 0 Å². The lowest BCUT2D eigenvalue weighted by Crippen LogP contribution is -2.69. The van der Waals surface area contributed by atoms with Gasteiger partial charge in [0.05, 0.1) is 5.60 Å². The standard InChI is InChI=1S/C17H23ClN4O3/c1-21-14(19)13(20-10-11-2-4-12(18)5-3-11)15(23)22(16(21)24)9-8-17(25)6-7-17/h2-5,13-14,20,25H,6-10,19H2,1H3. The molecule has 2 atom stereocenters. The lowest BCUT2D eigenvalue weighted by molar-refractivity contribution is -0.135. The van der Waals surface area contributed by atoms with Crippen LogP contribution < -0.4 is 11.1 Å². The molecular formula is C17H23ClN4O3. The van der Waals surface area contributed by atoms with Crippen molar-refractivity contribution in [2.45, 2.75) is 43.6 Å². The number of rotatable bonds is 6. The first-order valence-corrected chi connectivity index (χ1v) is 8.72. The number of carbonyl (C=O) groups excluding carboxylic acids is 2. The maximum absolute atomic E-state index is 12.7. The third-order valence-corrected chi connectivity index (χ3v) is 5.17. The Labute approximate surface area is 151 Å². The van der Waals surface area contributed by atoms with Gasteiger partial charge >= 0.3 is 6.03 Å². The van der Waals surface area contributed by atoms with E-state index in [1.165, 1.54) is 9.80 Å². The van der Waals surface area contributed by atoms with Crippen molar-refractivity contribution in [3.63, 3.8) is 0 Å². The van der Waals surface area contributed by atoms with Crippen LogP contribution in [0, 0.1) is 0 Å². The monoisotopic (exact) mass is 366 g/mol. The van der Waals surface area contributed by atoms with E-state index in [1.807, 2.05) is 12.1 Å². The van der Waals surface area contributed by atoms with Crippen LogP contribution in [0.4, 0.5) is 4.79 Å². The second-order valence-electron chi connectivity index (χ2n) is 6.83. The van der Waals surface area contributed by atoms with E-state index in [1.54, 1.807) is 19.2 Å². The van der Waals surface area contributed by atoms with Crippen LogP contribution in [-0.4, -0.2) is 58.2 Å². The Hall–Kier alpha value is -1.67. The van der Waals surface area contributed by atoms with Crippen molar-refractivity contribution in [2.75, 3.05) is 13.6 Å². The highest BCUT2D eigenvalue weighted by Gasteiger charge is 2.45. The predicted molar refractivity (Wildman–Crippen MR) is 93.7 cm³/mol. The maximum Gasteiger partial charge on any atom is 0.327 e. The SMILES string of the molecule is CN1C(=O)N(CCC2(O)CC2)C(=O)C(NCc2ccc(Cl)cc2)C1N. The van der Waals surface area contributed by atoms with Crippen molar-refractivity contribution < 1.29 is 14.7 Å². The first kappa shape index (κ1) is 18.1. The molecule has 0 radical (unpaired) electrons. The van der Waals surface area contributed by atoms with Crippen molar-refractivity contribution in [3.05, 3.63) is 34.9 Å². The van der Waals surface area contributed by atoms with Gasteiger partial charge in [-0.3, -0.25) is 15.0 Å². The molecule has 2 fully saturated rings. The Morgan fingerprint density at radius 1 is 1.32 bits per heavy atom. The highest BCUT2D eigenvalue weighted by atomic mass is 35.5. The first-order chi connectivity index (χ1) is 11.8. The molecule has 7 nitrogen and oxygen atoms in total. The van der Waals surface area contributed by atoms with Crippen molar-refractivity contribution in [2.24, 2.45) is 5.73 Å². The molecule has 1 aliphatic carbocycles. The van der Waals surface area contributed by atoms with E-state index < -0.39 is 23.8 Å². The molecule has 0 aromatic heterocycles. The quantitative estimate of drug-likeness (QED) is 0.694. The van der Waals surface area contributed by atoms with Crippen LogP contribution >= 0.6 is 11.6 Å². The molecule has 1 heterocycles. The minimum absolute atomic E-state index is 0.199. The van der Waals surface area contributed by atoms with Crippen LogP contribution in [0.3, 0.4) is 0 Å². The van der Waals surface area contributed by atoms with E-state index in [2.05, 4.69) is 5.32 Å². The van der Waals surface area contributed by atoms with Crippen LogP contribution in [0.15, 0.2) is 24.3 Å². The fraction of sp³-hybridized carbons (Fsp3) is 0.529. The molecule has 4 N–H and O–H groups in total. The topological polar surface area (TPSA) is 98.9 Å². The summed E-state index contributed by atoms with van der Waals surface area (Å²) in [5.41, 5.74) is 6.32. The minimum Gasteiger partial charge on any atom is -0.390 e. The largest absolute Gasteiger partial charge is 0.390 e. The zero-order chi connectivity index (χ0) is 18.2. The van der Waals surface area contributed by atoms with Gasteiger partial charge in [0.1, 0.15) is 12.2 Å². The lowest BCUT2D eigenvalue weighted by Gasteiger charge is -2.41. The summed E-state index contributed by atoms with van der Waals surface area (Å²) in [6, 6.07) is 6.16. The molecule has 1 aromatic carbocycles. The second kappa shape index (κ2) is 6.92. The van der Waals surface area contributed by atoms with Crippen LogP contribution in [0.5, 0.6) is 0 Å². The molecule has 1 saturated heterocycles. The molecule has 2 aliphatic rings. The van der Waals surface area contributed by atoms with Crippen LogP contribution in [0.2, 0.25) is 5.02 Å². The van der Waals surface area contributed by atoms with Gasteiger partial charge in [0.25, 0.3) is 5.91 Å². The van der Waals surface area contributed by atoms with Gasteiger partial charge in [-0.05, 0) is 37.0 Å². The number of urea groups is 1. The Morgan fingerprint density at radius 2 is 1.96 bits per heavy atom. The molecule has 3 rings (SSSR count). The number of nitrogens with one attached hydrogen (secondary N) is 1. The molecular weight excluding hydrogens is 344 g/mol. The van der Waals surface area contributed by atoms with Gasteiger partial charge < -0.3 is 15.7 Å². The highest BCUT2D eigenvalue weighted by Crippen LogP contribution is 2.38. The van der Waals surface area contributed by atoms with E-state index in [4.69, 9.17) is 17.3 Å². The van der Waals surface area contributed by atoms with Gasteiger partial charge in [0, 0.05) is 25.2 Å². The number of nitrogens with zero attached hydrogens (tertiary/aromatic N) is 2. The zero-order valence-electron chi connectivity index (χ0n) is 14.1. The Balaban J connectivity index is 1.67. The fourth-order valence-electron chi connectivity index (χ4n) is 2.91. The van der Waals surface area contributed by atoms with Gasteiger partial charge in [-0.25, -0.2) is 4.79 Å². The minimum atomic E-state index is -0.743. The first-order valence-electron chi connectivity index (χ1n) is 8.35. The van der Waals surface area contributed by atoms with Crippen LogP contribution in [-0.2, 0) is 11.3 Å². The predicted octanol–water partition coefficient (Wildman–Crippen LogP) is 0.892. The van der Waals surface area contributed by atoms with E-state index in [0.717, 1.165) is 18.4 Å². The summed E-state index contributed by atoms with van der Waals surface area (Å²) in [5.74, 6) is -0.353. The number of carbonyl (C=O) groups is 2. The van der Waals surface area contributed by atoms with Gasteiger partial charge in [-0.2, -0.15) is 0 Å². The summed E-state index contributed by atoms with van der Waals surface area (Å²) in [7, 11) is 1.58. The van der Waals surface area contributed by atoms with E-state index in [9.17, 15) is 14.7 Å². The molecule has 1 aliphatic heterocycles. The molecule has 1 aromatic rings. The number of hydrogen-bond donors (Lipinski definition) is 3. The molecule has 1 saturated carbocycles. The summed E-state index contributed by atoms with van der Waals surface area (Å²) in [6.07, 6.45) is 1.10. The number of hydrogen-bond acceptors (Lipinski definition) is 5. The van der Waals surface area contributed by atoms with Crippen molar-refractivity contribution in [1.29, 1.82) is 0 Å². The number of nitrogens with two attached hydrogens (primary N) is 1. The van der Waals surface area contributed by atoms with Gasteiger partial charge in [-0.15, -0.1) is 0 Å². The van der Waals surface area contributed by atoms with E-state index >= 15 is 0 Å². The number of benzene rings is 1. The number of halogens is 1. The lowest BCUT2D eigenvalue weighted by atomic mass is 10.1. The molecule has 25 heavy (non-hydrogen) atoms. The Morgan fingerprint density at radius 3 is 2.56 bits per heavy atom. The van der Waals surface area contributed by atoms with Crippen LogP contribution in [0.25, 0.3) is 0 Å². The Bertz CT molecular complexity index is 662. The van der Waals surface area contributed by atoms with E-state index in [-0.39, 0.29) is 12.5 Å². The number of aliphatic hydroxyl groups is 1. The average Bonchev–Trinajstić information content (AvgIpc) is 3.32. The fourth-order valence-corrected chi connectivity index (χ4v) is 3.03. The van der Waals surface area contributed by atoms with Gasteiger partial charge in [0.2, 0.25) is 0 Å². The number of imide groups is 1. The van der Waals surface area contributed by atoms with Crippen molar-refractivity contribution >= 4 is 23.5 Å². The van der Waals surface area contributed by atoms with E-state index in [0.29, 0.717) is 18.0 Å². The van der Waals surface area contributed by atoms with Gasteiger partial charge in [-0.1, -0.05) is 23.7 Å². The van der Waals surface area contributed by atoms with Crippen LogP contribution in [0.1, 0.15) is 24.8 Å². The molecule has 3 amide bonds. The normalized spacial score (nSPS) is 25.4. The third kappa shape index (κ3) is 3.95. The molecule has 8 heteroatoms. The summed E-state index contributed by atoms with van der Waals surface area (Å²) >= 11 is 5.87.